The highest BCUT2D eigenvalue weighted by atomic mass is 14.8. The number of aromatic nitrogens is 3. The van der Waals surface area contributed by atoms with Crippen molar-refractivity contribution in [3.8, 4) is 33.5 Å². The van der Waals surface area contributed by atoms with Gasteiger partial charge in [0.25, 0.3) is 0 Å². The van der Waals surface area contributed by atoms with Gasteiger partial charge in [-0.15, -0.1) is 0 Å². The van der Waals surface area contributed by atoms with E-state index in [1.807, 2.05) is 25.3 Å². The van der Waals surface area contributed by atoms with Gasteiger partial charge in [-0.2, -0.15) is 0 Å². The molecule has 0 bridgehead atoms. The summed E-state index contributed by atoms with van der Waals surface area (Å²) in [4.78, 5) is 19.6. The molecule has 0 amide bonds. The van der Waals surface area contributed by atoms with Gasteiger partial charge < -0.3 is 0 Å². The number of nitrogens with zero attached hydrogens (tertiary/aromatic N) is 4. The molecule has 7 aromatic carbocycles. The second-order valence-electron chi connectivity index (χ2n) is 13.5. The predicted octanol–water partition coefficient (Wildman–Crippen LogP) is 13.2. The van der Waals surface area contributed by atoms with Gasteiger partial charge in [-0.3, -0.25) is 9.98 Å². The molecule has 0 N–H and O–H groups in total. The van der Waals surface area contributed by atoms with E-state index in [9.17, 15) is 0 Å². The number of rotatable bonds is 5. The minimum absolute atomic E-state index is 0.804. The molecule has 3 aromatic heterocycles. The van der Waals surface area contributed by atoms with Gasteiger partial charge in [0.05, 0.1) is 33.4 Å². The number of aliphatic imine (C=N–C) groups is 1. The molecule has 0 radical (unpaired) electrons. The number of allylic oxidation sites excluding steroid dienone is 1. The van der Waals surface area contributed by atoms with Gasteiger partial charge in [-0.25, -0.2) is 9.97 Å². The summed E-state index contributed by atoms with van der Waals surface area (Å²) >= 11 is 0. The number of hydrogen-bond acceptors (Lipinski definition) is 4. The van der Waals surface area contributed by atoms with Gasteiger partial charge in [0.15, 0.2) is 0 Å². The molecule has 10 rings (SSSR count). The van der Waals surface area contributed by atoms with Gasteiger partial charge in [-0.05, 0) is 88.3 Å². The monoisotopic (exact) mass is 676 g/mol. The zero-order valence-corrected chi connectivity index (χ0v) is 29.1. The number of para-hydroxylation sites is 1. The van der Waals surface area contributed by atoms with Gasteiger partial charge in [-0.1, -0.05) is 121 Å². The van der Waals surface area contributed by atoms with E-state index >= 15 is 0 Å². The Bertz CT molecular complexity index is 3140. The first kappa shape index (κ1) is 30.8. The number of fused-ring (bicyclic) bond motifs is 8. The van der Waals surface area contributed by atoms with Crippen molar-refractivity contribution in [2.24, 2.45) is 4.99 Å². The van der Waals surface area contributed by atoms with Crippen LogP contribution in [-0.2, 0) is 0 Å². The Morgan fingerprint density at radius 2 is 1.28 bits per heavy atom. The molecule has 0 unspecified atom stereocenters. The van der Waals surface area contributed by atoms with Crippen LogP contribution in [0.4, 0.5) is 5.69 Å². The smallest absolute Gasteiger partial charge is 0.0978 e. The molecule has 4 nitrogen and oxygen atoms in total. The van der Waals surface area contributed by atoms with Crippen LogP contribution in [0.25, 0.3) is 105 Å². The van der Waals surface area contributed by atoms with Crippen molar-refractivity contribution in [1.29, 1.82) is 0 Å². The molecule has 0 atom stereocenters. The van der Waals surface area contributed by atoms with E-state index in [0.717, 1.165) is 77.2 Å². The first-order valence-corrected chi connectivity index (χ1v) is 17.8. The van der Waals surface area contributed by atoms with Gasteiger partial charge >= 0.3 is 0 Å². The van der Waals surface area contributed by atoms with Crippen molar-refractivity contribution in [2.45, 2.75) is 6.92 Å². The van der Waals surface area contributed by atoms with E-state index in [1.165, 1.54) is 32.7 Å². The molecule has 53 heavy (non-hydrogen) atoms. The summed E-state index contributed by atoms with van der Waals surface area (Å²) < 4.78 is 0. The van der Waals surface area contributed by atoms with E-state index in [1.54, 1.807) is 0 Å². The summed E-state index contributed by atoms with van der Waals surface area (Å²) in [5, 5.41) is 9.11. The number of benzene rings is 7. The Labute approximate surface area is 306 Å². The van der Waals surface area contributed by atoms with Crippen molar-refractivity contribution in [3.63, 3.8) is 0 Å². The molecule has 4 heteroatoms. The van der Waals surface area contributed by atoms with Crippen LogP contribution in [0.5, 0.6) is 0 Å². The molecule has 0 aliphatic rings. The molecule has 10 aromatic rings. The van der Waals surface area contributed by atoms with Crippen LogP contribution in [-0.4, -0.2) is 21.7 Å². The van der Waals surface area contributed by atoms with Crippen LogP contribution < -0.4 is 0 Å². The van der Waals surface area contributed by atoms with Crippen molar-refractivity contribution in [1.82, 2.24) is 15.0 Å². The van der Waals surface area contributed by atoms with Crippen LogP contribution in [0.15, 0.2) is 163 Å². The predicted molar refractivity (Wildman–Crippen MR) is 225 cm³/mol. The van der Waals surface area contributed by atoms with Crippen LogP contribution in [0.3, 0.4) is 0 Å². The minimum atomic E-state index is 0.804. The average molecular weight is 677 g/mol. The van der Waals surface area contributed by atoms with E-state index in [-0.39, 0.29) is 0 Å². The highest BCUT2D eigenvalue weighted by Gasteiger charge is 2.16. The molecule has 0 spiro atoms. The van der Waals surface area contributed by atoms with Gasteiger partial charge in [0.2, 0.25) is 0 Å². The van der Waals surface area contributed by atoms with Gasteiger partial charge in [0.1, 0.15) is 0 Å². The normalized spacial score (nSPS) is 11.9. The largest absolute Gasteiger partial charge is 0.262 e. The summed E-state index contributed by atoms with van der Waals surface area (Å²) in [5.41, 5.74) is 12.0. The number of pyridine rings is 3. The Balaban J connectivity index is 1.13. The molecule has 0 aliphatic heterocycles. The fourth-order valence-corrected chi connectivity index (χ4v) is 7.96. The first-order valence-electron chi connectivity index (χ1n) is 17.8. The lowest BCUT2D eigenvalue weighted by atomic mass is 9.92. The van der Waals surface area contributed by atoms with E-state index < -0.39 is 0 Å². The second kappa shape index (κ2) is 12.3. The molecule has 0 fully saturated rings. The van der Waals surface area contributed by atoms with Crippen LogP contribution in [0, 0.1) is 0 Å². The highest BCUT2D eigenvalue weighted by Crippen LogP contribution is 2.40. The standard InChI is InChI=1S/C49H32N4/c1-3-10-36-29-42(38-14-9-26-51-48(38)46(36)50-2)34-21-23-37-33(27-34)18-16-30-17-19-35(28-41(30)37)43-25-22-32-20-24-40-45(31-11-5-4-6-12-31)39-13-7-8-15-44(39)53-49(40)47(32)52-43/h3-29H,2H2,1H3/b10-3-. The topological polar surface area (TPSA) is 51.0 Å². The van der Waals surface area contributed by atoms with Crippen LogP contribution >= 0.6 is 0 Å². The molecule has 0 aliphatic carbocycles. The highest BCUT2D eigenvalue weighted by molar-refractivity contribution is 6.16. The van der Waals surface area contributed by atoms with E-state index in [0.29, 0.717) is 0 Å². The zero-order chi connectivity index (χ0) is 35.5. The zero-order valence-electron chi connectivity index (χ0n) is 29.1. The van der Waals surface area contributed by atoms with E-state index in [2.05, 4.69) is 157 Å². The second-order valence-corrected chi connectivity index (χ2v) is 13.5. The van der Waals surface area contributed by atoms with E-state index in [4.69, 9.17) is 15.0 Å². The Kier molecular flexibility index (Phi) is 7.15. The third-order valence-electron chi connectivity index (χ3n) is 10.4. The maximum absolute atomic E-state index is 5.34. The summed E-state index contributed by atoms with van der Waals surface area (Å²) in [6.07, 6.45) is 5.92. The lowest BCUT2D eigenvalue weighted by Gasteiger charge is -2.14. The van der Waals surface area contributed by atoms with Crippen molar-refractivity contribution >= 4 is 83.6 Å². The average Bonchev–Trinajstić information content (AvgIpc) is 3.22. The van der Waals surface area contributed by atoms with Crippen LogP contribution in [0.2, 0.25) is 0 Å². The Hall–Kier alpha value is -7.04. The summed E-state index contributed by atoms with van der Waals surface area (Å²) in [6.45, 7) is 5.86. The van der Waals surface area contributed by atoms with Crippen molar-refractivity contribution < 1.29 is 0 Å². The van der Waals surface area contributed by atoms with Gasteiger partial charge in [0, 0.05) is 44.4 Å². The Morgan fingerprint density at radius 3 is 2.17 bits per heavy atom. The van der Waals surface area contributed by atoms with Crippen LogP contribution in [0.1, 0.15) is 12.5 Å². The maximum atomic E-state index is 5.34. The third-order valence-corrected chi connectivity index (χ3v) is 10.4. The molecular weight excluding hydrogens is 645 g/mol. The maximum Gasteiger partial charge on any atom is 0.0978 e. The quantitative estimate of drug-likeness (QED) is 0.104. The van der Waals surface area contributed by atoms with Crippen molar-refractivity contribution in [3.05, 3.63) is 163 Å². The number of hydrogen-bond donors (Lipinski definition) is 0. The molecular formula is C49H32N4. The molecule has 248 valence electrons. The molecule has 3 heterocycles. The summed E-state index contributed by atoms with van der Waals surface area (Å²) in [5.74, 6) is 0. The SMILES string of the molecule is C=Nc1c(/C=C\C)cc(-c2ccc3c(ccc4ccc(-c5ccc6ccc7c(-c8ccccc8)c8ccccc8nc7c6n5)cc43)c2)c2cccnc12. The summed E-state index contributed by atoms with van der Waals surface area (Å²) in [6, 6.07) is 51.8. The lowest BCUT2D eigenvalue weighted by molar-refractivity contribution is 1.39. The van der Waals surface area contributed by atoms with Crippen molar-refractivity contribution in [2.75, 3.05) is 0 Å². The third kappa shape index (κ3) is 4.99. The fraction of sp³-hybridized carbons (Fsp3) is 0.0204. The summed E-state index contributed by atoms with van der Waals surface area (Å²) in [7, 11) is 0. The lowest BCUT2D eigenvalue weighted by Crippen LogP contribution is -1.93. The molecule has 0 saturated heterocycles. The fourth-order valence-electron chi connectivity index (χ4n) is 7.96. The minimum Gasteiger partial charge on any atom is -0.262 e. The molecule has 0 saturated carbocycles. The first-order chi connectivity index (χ1) is 26.2. The Morgan fingerprint density at radius 1 is 0.528 bits per heavy atom.